The van der Waals surface area contributed by atoms with Crippen LogP contribution >= 0.6 is 0 Å². The number of aliphatic hydroxyl groups is 1. The van der Waals surface area contributed by atoms with Crippen LogP contribution in [-0.4, -0.2) is 52.5 Å². The lowest BCUT2D eigenvalue weighted by Crippen LogP contribution is -2.53. The quantitative estimate of drug-likeness (QED) is 0.616. The van der Waals surface area contributed by atoms with Gasteiger partial charge < -0.3 is 21.1 Å². The molecule has 114 valence electrons. The Morgan fingerprint density at radius 3 is 2.35 bits per heavy atom. The number of carbonyl (C=O) groups excluding carboxylic acids is 3. The first-order valence-electron chi connectivity index (χ1n) is 6.63. The maximum Gasteiger partial charge on any atom is 0.245 e. The van der Waals surface area contributed by atoms with Gasteiger partial charge in [-0.15, -0.1) is 0 Å². The molecule has 3 amide bonds. The summed E-state index contributed by atoms with van der Waals surface area (Å²) in [5, 5.41) is 12.2. The van der Waals surface area contributed by atoms with Crippen LogP contribution in [0.15, 0.2) is 0 Å². The van der Waals surface area contributed by atoms with Crippen LogP contribution < -0.4 is 11.1 Å². The first kappa shape index (κ1) is 16.4. The molecule has 3 unspecified atom stereocenters. The number of hydrogen-bond acceptors (Lipinski definition) is 4. The molecule has 0 bridgehead atoms. The summed E-state index contributed by atoms with van der Waals surface area (Å²) in [5.41, 5.74) is 4.62. The molecule has 1 fully saturated rings. The van der Waals surface area contributed by atoms with E-state index in [1.807, 2.05) is 0 Å². The van der Waals surface area contributed by atoms with Crippen molar-refractivity contribution in [1.82, 2.24) is 10.2 Å². The van der Waals surface area contributed by atoms with Crippen LogP contribution in [0.3, 0.4) is 0 Å². The Bertz CT molecular complexity index is 416. The molecule has 1 rings (SSSR count). The van der Waals surface area contributed by atoms with Crippen molar-refractivity contribution >= 4 is 17.7 Å². The number of primary amides is 1. The van der Waals surface area contributed by atoms with Crippen molar-refractivity contribution < 1.29 is 19.5 Å². The van der Waals surface area contributed by atoms with Crippen molar-refractivity contribution in [1.29, 1.82) is 0 Å². The molecule has 0 aliphatic carbocycles. The molecule has 20 heavy (non-hydrogen) atoms. The maximum absolute atomic E-state index is 12.3. The molecule has 0 saturated carbocycles. The van der Waals surface area contributed by atoms with Gasteiger partial charge in [0.25, 0.3) is 0 Å². The van der Waals surface area contributed by atoms with Crippen molar-refractivity contribution in [3.05, 3.63) is 0 Å². The summed E-state index contributed by atoms with van der Waals surface area (Å²) in [6, 6.07) is -1.58. The zero-order valence-corrected chi connectivity index (χ0v) is 12.3. The molecule has 0 aromatic rings. The summed E-state index contributed by atoms with van der Waals surface area (Å²) >= 11 is 0. The number of rotatable bonds is 3. The SMILES string of the molecule is CC(NC(=O)C(C)(C)C)C(=O)N1CC(O)CC1C(N)=O. The zero-order valence-electron chi connectivity index (χ0n) is 12.3. The third-order valence-electron chi connectivity index (χ3n) is 3.29. The molecular weight excluding hydrogens is 262 g/mol. The van der Waals surface area contributed by atoms with Crippen LogP contribution in [0.2, 0.25) is 0 Å². The highest BCUT2D eigenvalue weighted by Crippen LogP contribution is 2.19. The second-order valence-corrected chi connectivity index (χ2v) is 6.24. The molecule has 0 radical (unpaired) electrons. The highest BCUT2D eigenvalue weighted by atomic mass is 16.3. The maximum atomic E-state index is 12.3. The topological polar surface area (TPSA) is 113 Å². The van der Waals surface area contributed by atoms with E-state index in [1.54, 1.807) is 27.7 Å². The molecule has 0 aromatic heterocycles. The Morgan fingerprint density at radius 1 is 1.35 bits per heavy atom. The van der Waals surface area contributed by atoms with Crippen molar-refractivity contribution in [3.8, 4) is 0 Å². The van der Waals surface area contributed by atoms with Gasteiger partial charge in [0.1, 0.15) is 12.1 Å². The van der Waals surface area contributed by atoms with E-state index in [-0.39, 0.29) is 18.9 Å². The number of aliphatic hydroxyl groups excluding tert-OH is 1. The summed E-state index contributed by atoms with van der Waals surface area (Å²) in [7, 11) is 0. The van der Waals surface area contributed by atoms with Crippen molar-refractivity contribution in [2.24, 2.45) is 11.1 Å². The third-order valence-corrected chi connectivity index (χ3v) is 3.29. The van der Waals surface area contributed by atoms with Gasteiger partial charge in [0.15, 0.2) is 0 Å². The van der Waals surface area contributed by atoms with E-state index in [0.717, 1.165) is 0 Å². The van der Waals surface area contributed by atoms with E-state index in [4.69, 9.17) is 5.73 Å². The van der Waals surface area contributed by atoms with Crippen LogP contribution in [0.5, 0.6) is 0 Å². The average molecular weight is 285 g/mol. The summed E-state index contributed by atoms with van der Waals surface area (Å²) in [4.78, 5) is 36.6. The van der Waals surface area contributed by atoms with Gasteiger partial charge in [0.05, 0.1) is 6.10 Å². The van der Waals surface area contributed by atoms with Crippen molar-refractivity contribution in [2.75, 3.05) is 6.54 Å². The molecule has 7 nitrogen and oxygen atoms in total. The second kappa shape index (κ2) is 5.78. The number of nitrogens with zero attached hydrogens (tertiary/aromatic N) is 1. The summed E-state index contributed by atoms with van der Waals surface area (Å²) in [6.45, 7) is 6.83. The Kier molecular flexibility index (Phi) is 4.75. The second-order valence-electron chi connectivity index (χ2n) is 6.24. The van der Waals surface area contributed by atoms with Gasteiger partial charge in [0.2, 0.25) is 17.7 Å². The number of nitrogens with two attached hydrogens (primary N) is 1. The Morgan fingerprint density at radius 2 is 1.90 bits per heavy atom. The van der Waals surface area contributed by atoms with Crippen LogP contribution in [0.4, 0.5) is 0 Å². The fourth-order valence-corrected chi connectivity index (χ4v) is 2.05. The van der Waals surface area contributed by atoms with Gasteiger partial charge >= 0.3 is 0 Å². The normalized spacial score (nSPS) is 24.4. The Hall–Kier alpha value is -1.63. The first-order valence-corrected chi connectivity index (χ1v) is 6.63. The molecule has 4 N–H and O–H groups in total. The highest BCUT2D eigenvalue weighted by molar-refractivity contribution is 5.92. The van der Waals surface area contributed by atoms with Crippen molar-refractivity contribution in [3.63, 3.8) is 0 Å². The minimum Gasteiger partial charge on any atom is -0.391 e. The lowest BCUT2D eigenvalue weighted by molar-refractivity contribution is -0.141. The molecular formula is C13H23N3O4. The lowest BCUT2D eigenvalue weighted by atomic mass is 9.95. The molecule has 0 spiro atoms. The molecule has 1 aliphatic heterocycles. The van der Waals surface area contributed by atoms with Gasteiger partial charge in [-0.3, -0.25) is 14.4 Å². The zero-order chi connectivity index (χ0) is 15.7. The molecule has 1 saturated heterocycles. The van der Waals surface area contributed by atoms with E-state index < -0.39 is 35.4 Å². The number of nitrogens with one attached hydrogen (secondary N) is 1. The Labute approximate surface area is 118 Å². The predicted octanol–water partition coefficient (Wildman–Crippen LogP) is -1.02. The molecule has 3 atom stereocenters. The van der Waals surface area contributed by atoms with Crippen LogP contribution in [0.1, 0.15) is 34.1 Å². The average Bonchev–Trinajstić information content (AvgIpc) is 2.69. The van der Waals surface area contributed by atoms with Gasteiger partial charge in [-0.05, 0) is 6.92 Å². The number of amides is 3. The third kappa shape index (κ3) is 3.69. The van der Waals surface area contributed by atoms with Gasteiger partial charge in [-0.2, -0.15) is 0 Å². The number of likely N-dealkylation sites (tertiary alicyclic amines) is 1. The standard InChI is InChI=1S/C13H23N3O4/c1-7(15-12(20)13(2,3)4)11(19)16-6-8(17)5-9(16)10(14)18/h7-9,17H,5-6H2,1-4H3,(H2,14,18)(H,15,20). The van der Waals surface area contributed by atoms with Crippen molar-refractivity contribution in [2.45, 2.75) is 52.3 Å². The predicted molar refractivity (Wildman–Crippen MR) is 72.4 cm³/mol. The molecule has 1 aliphatic rings. The first-order chi connectivity index (χ1) is 9.04. The largest absolute Gasteiger partial charge is 0.391 e. The molecule has 0 aromatic carbocycles. The lowest BCUT2D eigenvalue weighted by Gasteiger charge is -2.27. The number of hydrogen-bond donors (Lipinski definition) is 3. The smallest absolute Gasteiger partial charge is 0.245 e. The monoisotopic (exact) mass is 285 g/mol. The molecule has 1 heterocycles. The number of carbonyl (C=O) groups is 3. The molecule has 7 heteroatoms. The summed E-state index contributed by atoms with van der Waals surface area (Å²) in [5.74, 6) is -1.32. The highest BCUT2D eigenvalue weighted by Gasteiger charge is 2.39. The van der Waals surface area contributed by atoms with Gasteiger partial charge in [-0.1, -0.05) is 20.8 Å². The Balaban J connectivity index is 2.74. The van der Waals surface area contributed by atoms with Crippen LogP contribution in [0, 0.1) is 5.41 Å². The van der Waals surface area contributed by atoms with Gasteiger partial charge in [0, 0.05) is 18.4 Å². The minimum absolute atomic E-state index is 0.0577. The van der Waals surface area contributed by atoms with Crippen LogP contribution in [-0.2, 0) is 14.4 Å². The summed E-state index contributed by atoms with van der Waals surface area (Å²) < 4.78 is 0. The van der Waals surface area contributed by atoms with Gasteiger partial charge in [-0.25, -0.2) is 0 Å². The van der Waals surface area contributed by atoms with E-state index in [9.17, 15) is 19.5 Å². The summed E-state index contributed by atoms with van der Waals surface area (Å²) in [6.07, 6.45) is -0.622. The van der Waals surface area contributed by atoms with E-state index in [0.29, 0.717) is 0 Å². The van der Waals surface area contributed by atoms with E-state index in [2.05, 4.69) is 5.32 Å². The van der Waals surface area contributed by atoms with Crippen LogP contribution in [0.25, 0.3) is 0 Å². The number of β-amino-alcohol motifs (C(OH)–C–C–N with tert-alkyl or cyclic N) is 1. The minimum atomic E-state index is -0.813. The van der Waals surface area contributed by atoms with E-state index >= 15 is 0 Å². The fraction of sp³-hybridized carbons (Fsp3) is 0.769. The van der Waals surface area contributed by atoms with E-state index in [1.165, 1.54) is 4.90 Å². The fourth-order valence-electron chi connectivity index (χ4n) is 2.05.